The van der Waals surface area contributed by atoms with E-state index in [1.165, 1.54) is 154 Å². The van der Waals surface area contributed by atoms with Crippen molar-refractivity contribution >= 4 is 17.9 Å². The van der Waals surface area contributed by atoms with Crippen LogP contribution in [0.1, 0.15) is 290 Å². The molecule has 11 heteroatoms. The molecule has 0 aliphatic rings. The number of aliphatic hydroxyl groups excluding tert-OH is 5. The van der Waals surface area contributed by atoms with E-state index in [0.717, 1.165) is 96.3 Å². The maximum absolute atomic E-state index is 12.8. The molecule has 0 amide bonds. The predicted octanol–water partition coefficient (Wildman–Crippen LogP) is 15.6. The van der Waals surface area contributed by atoms with E-state index in [1.807, 2.05) is 0 Å². The summed E-state index contributed by atoms with van der Waals surface area (Å²) in [5.74, 6) is -1.03. The first kappa shape index (κ1) is 74.5. The van der Waals surface area contributed by atoms with Crippen molar-refractivity contribution in [3.8, 4) is 0 Å². The molecule has 0 heterocycles. The Balaban J connectivity index is 0. The number of aliphatic hydroxyl groups is 5. The number of rotatable bonds is 56. The quantitative estimate of drug-likeness (QED) is 0.0169. The highest BCUT2D eigenvalue weighted by molar-refractivity contribution is 5.70. The van der Waals surface area contributed by atoms with E-state index in [4.69, 9.17) is 34.6 Å². The van der Waals surface area contributed by atoms with Gasteiger partial charge in [-0.15, -0.1) is 0 Å². The minimum absolute atomic E-state index is 0.172. The van der Waals surface area contributed by atoms with Crippen molar-refractivity contribution in [1.82, 2.24) is 0 Å². The number of allylic oxidation sites excluding steroid dienone is 6. The van der Waals surface area contributed by atoms with Gasteiger partial charge in [0.2, 0.25) is 0 Å². The lowest BCUT2D eigenvalue weighted by atomic mass is 9.92. The summed E-state index contributed by atoms with van der Waals surface area (Å²) in [7, 11) is 0. The normalized spacial score (nSPS) is 12.0. The van der Waals surface area contributed by atoms with Crippen molar-refractivity contribution in [2.75, 3.05) is 52.9 Å². The van der Waals surface area contributed by atoms with E-state index in [2.05, 4.69) is 57.2 Å². The molecular weight excluding hydrogens is 945 g/mol. The van der Waals surface area contributed by atoms with Gasteiger partial charge in [-0.3, -0.25) is 14.4 Å². The Bertz CT molecular complexity index is 1160. The zero-order valence-electron chi connectivity index (χ0n) is 49.0. The third-order valence-electron chi connectivity index (χ3n) is 14.2. The summed E-state index contributed by atoms with van der Waals surface area (Å²) < 4.78 is 17.0. The van der Waals surface area contributed by atoms with Gasteiger partial charge in [0.05, 0.1) is 43.9 Å². The Kier molecular flexibility index (Phi) is 58.7. The molecule has 0 radical (unpaired) electrons. The number of unbranched alkanes of at least 4 members (excludes halogenated alkanes) is 33. The molecule has 0 saturated carbocycles. The van der Waals surface area contributed by atoms with Crippen LogP contribution in [-0.2, 0) is 28.6 Å². The van der Waals surface area contributed by atoms with Crippen LogP contribution in [0, 0.1) is 10.8 Å². The van der Waals surface area contributed by atoms with Gasteiger partial charge in [0.1, 0.15) is 19.8 Å². The molecule has 0 spiro atoms. The molecule has 0 aromatic heterocycles. The van der Waals surface area contributed by atoms with Gasteiger partial charge in [-0.05, 0) is 96.3 Å². The molecule has 0 saturated heterocycles. The fourth-order valence-electron chi connectivity index (χ4n) is 8.50. The Morgan fingerprint density at radius 3 is 0.653 bits per heavy atom. The summed E-state index contributed by atoms with van der Waals surface area (Å²) in [6, 6.07) is 0. The highest BCUT2D eigenvalue weighted by Gasteiger charge is 2.35. The molecule has 5 N–H and O–H groups in total. The Labute approximate surface area is 460 Å². The van der Waals surface area contributed by atoms with Crippen LogP contribution < -0.4 is 0 Å². The molecule has 0 aromatic rings. The maximum Gasteiger partial charge on any atom is 0.305 e. The molecule has 0 unspecified atom stereocenters. The third-order valence-corrected chi connectivity index (χ3v) is 14.2. The van der Waals surface area contributed by atoms with Crippen LogP contribution in [0.4, 0.5) is 0 Å². The third kappa shape index (κ3) is 51.9. The Morgan fingerprint density at radius 2 is 0.467 bits per heavy atom. The van der Waals surface area contributed by atoms with E-state index < -0.39 is 43.9 Å². The van der Waals surface area contributed by atoms with E-state index in [-0.39, 0.29) is 37.7 Å². The molecule has 0 atom stereocenters. The van der Waals surface area contributed by atoms with Crippen LogP contribution in [0.25, 0.3) is 0 Å². The SMILES string of the molecule is CCCCCCCC/C=C\CCCCCCCC(=O)OCC(CO)(COC(=O)CCCCCCC/C=C\CCCCCCCC)COC(=O)CCCCCCC/C=C\CCCCCCCC.OCC(CO)(CO)CO. The van der Waals surface area contributed by atoms with E-state index in [0.29, 0.717) is 19.3 Å². The minimum atomic E-state index is -1.20. The first-order chi connectivity index (χ1) is 36.7. The van der Waals surface area contributed by atoms with E-state index in [1.54, 1.807) is 0 Å². The number of hydrogen-bond acceptors (Lipinski definition) is 11. The fourth-order valence-corrected chi connectivity index (χ4v) is 8.50. The summed E-state index contributed by atoms with van der Waals surface area (Å²) in [5, 5.41) is 44.6. The summed E-state index contributed by atoms with van der Waals surface area (Å²) >= 11 is 0. The lowest BCUT2D eigenvalue weighted by molar-refractivity contribution is -0.165. The first-order valence-electron chi connectivity index (χ1n) is 31.1. The molecule has 0 aliphatic heterocycles. The molecule has 75 heavy (non-hydrogen) atoms. The van der Waals surface area contributed by atoms with Crippen LogP contribution in [0.2, 0.25) is 0 Å². The molecule has 11 nitrogen and oxygen atoms in total. The van der Waals surface area contributed by atoms with Crippen molar-refractivity contribution in [3.05, 3.63) is 36.5 Å². The molecule has 442 valence electrons. The van der Waals surface area contributed by atoms with E-state index >= 15 is 0 Å². The Hall–Kier alpha value is -2.57. The molecule has 0 aliphatic carbocycles. The number of ether oxygens (including phenoxy) is 3. The highest BCUT2D eigenvalue weighted by atomic mass is 16.6. The maximum atomic E-state index is 12.8. The monoisotopic (exact) mass is 1060 g/mol. The van der Waals surface area contributed by atoms with Gasteiger partial charge in [-0.2, -0.15) is 0 Å². The second-order valence-corrected chi connectivity index (χ2v) is 21.8. The molecule has 0 aromatic carbocycles. The largest absolute Gasteiger partial charge is 0.465 e. The number of carbonyl (C=O) groups is 3. The fraction of sp³-hybridized carbons (Fsp3) is 0.859. The second-order valence-electron chi connectivity index (χ2n) is 21.8. The standard InChI is InChI=1S/C59H108O7.C5H12O4/c1-4-7-10-13-16-19-22-25-28-31-34-37-40-43-46-49-56(61)64-53-59(52-60,54-65-57(62)50-47-44-41-38-35-32-29-26-23-20-17-14-11-8-5-2)55-66-58(63)51-48-45-42-39-36-33-30-27-24-21-18-15-12-9-6-3;6-1-5(2-7,3-8)4-9/h25-30,60H,4-24,31-55H2,1-3H3;6-9H,1-4H2/b28-25-,29-26-,30-27-;. The number of carbonyl (C=O) groups excluding carboxylic acids is 3. The zero-order valence-corrected chi connectivity index (χ0v) is 49.0. The van der Waals surface area contributed by atoms with Crippen molar-refractivity contribution in [1.29, 1.82) is 0 Å². The molecular formula is C64H120O11. The summed E-state index contributed by atoms with van der Waals surface area (Å²) in [6.07, 6.45) is 61.1. The van der Waals surface area contributed by atoms with Crippen molar-refractivity contribution in [2.24, 2.45) is 10.8 Å². The summed E-state index contributed by atoms with van der Waals surface area (Å²) in [4.78, 5) is 38.4. The van der Waals surface area contributed by atoms with Crippen LogP contribution in [-0.4, -0.2) is 96.3 Å². The topological polar surface area (TPSA) is 180 Å². The van der Waals surface area contributed by atoms with Crippen molar-refractivity contribution in [3.63, 3.8) is 0 Å². The Morgan fingerprint density at radius 1 is 0.280 bits per heavy atom. The lowest BCUT2D eigenvalue weighted by Crippen LogP contribution is -2.42. The van der Waals surface area contributed by atoms with Crippen LogP contribution >= 0.6 is 0 Å². The molecule has 0 rings (SSSR count). The van der Waals surface area contributed by atoms with E-state index in [9.17, 15) is 19.5 Å². The van der Waals surface area contributed by atoms with Crippen LogP contribution in [0.15, 0.2) is 36.5 Å². The van der Waals surface area contributed by atoms with Gasteiger partial charge in [0, 0.05) is 19.3 Å². The number of hydrogen-bond donors (Lipinski definition) is 5. The summed E-state index contributed by atoms with van der Waals surface area (Å²) in [6.45, 7) is 4.20. The van der Waals surface area contributed by atoms with Gasteiger partial charge in [0.15, 0.2) is 0 Å². The van der Waals surface area contributed by atoms with Gasteiger partial charge in [0.25, 0.3) is 0 Å². The zero-order chi connectivity index (χ0) is 55.5. The van der Waals surface area contributed by atoms with Gasteiger partial charge >= 0.3 is 17.9 Å². The smallest absolute Gasteiger partial charge is 0.305 e. The number of esters is 3. The molecule has 0 fully saturated rings. The second kappa shape index (κ2) is 59.1. The predicted molar refractivity (Wildman–Crippen MR) is 312 cm³/mol. The average molecular weight is 1070 g/mol. The minimum Gasteiger partial charge on any atom is -0.465 e. The highest BCUT2D eigenvalue weighted by Crippen LogP contribution is 2.22. The van der Waals surface area contributed by atoms with Gasteiger partial charge in [-0.1, -0.05) is 211 Å². The van der Waals surface area contributed by atoms with Crippen LogP contribution in [0.3, 0.4) is 0 Å². The summed E-state index contributed by atoms with van der Waals surface area (Å²) in [5.41, 5.74) is -2.31. The average Bonchev–Trinajstić information content (AvgIpc) is 3.42. The van der Waals surface area contributed by atoms with Crippen molar-refractivity contribution < 1.29 is 54.1 Å². The van der Waals surface area contributed by atoms with Crippen molar-refractivity contribution in [2.45, 2.75) is 290 Å². The van der Waals surface area contributed by atoms with Crippen LogP contribution in [0.5, 0.6) is 0 Å². The van der Waals surface area contributed by atoms with Gasteiger partial charge in [-0.25, -0.2) is 0 Å². The first-order valence-corrected chi connectivity index (χ1v) is 31.1. The van der Waals surface area contributed by atoms with Gasteiger partial charge < -0.3 is 39.7 Å². The lowest BCUT2D eigenvalue weighted by Gasteiger charge is -2.30. The molecule has 0 bridgehead atoms.